The zero-order valence-electron chi connectivity index (χ0n) is 9.06. The number of amides is 1. The number of halogens is 2. The fourth-order valence-electron chi connectivity index (χ4n) is 1.10. The Morgan fingerprint density at radius 2 is 2.06 bits per heavy atom. The molecular weight excluding hydrogens is 313 g/mol. The highest BCUT2D eigenvalue weighted by molar-refractivity contribution is 9.10. The van der Waals surface area contributed by atoms with Crippen LogP contribution in [0.1, 0.15) is 0 Å². The van der Waals surface area contributed by atoms with Crippen LogP contribution in [0, 0.1) is 0 Å². The molecule has 94 valence electrons. The number of methoxy groups -OCH3 is 1. The van der Waals surface area contributed by atoms with E-state index < -0.39 is 21.6 Å². The van der Waals surface area contributed by atoms with Crippen molar-refractivity contribution in [1.82, 2.24) is 0 Å². The zero-order chi connectivity index (χ0) is 12.9. The molecule has 0 radical (unpaired) electrons. The maximum absolute atomic E-state index is 12.9. The number of carbonyl (C=O) groups is 1. The van der Waals surface area contributed by atoms with E-state index in [2.05, 4.69) is 25.0 Å². The van der Waals surface area contributed by atoms with Gasteiger partial charge in [-0.15, -0.1) is 0 Å². The number of hydrogen-bond donors (Lipinski definition) is 0. The number of hydrogen-bond acceptors (Lipinski definition) is 3. The van der Waals surface area contributed by atoms with E-state index in [4.69, 9.17) is 0 Å². The van der Waals surface area contributed by atoms with Crippen LogP contribution in [0.25, 0.3) is 0 Å². The van der Waals surface area contributed by atoms with Crippen LogP contribution in [-0.2, 0) is 19.3 Å². The predicted octanol–water partition coefficient (Wildman–Crippen LogP) is 2.38. The summed E-state index contributed by atoms with van der Waals surface area (Å²) in [5, 5.41) is 0. The smallest absolute Gasteiger partial charge is 0.280 e. The van der Waals surface area contributed by atoms with Crippen LogP contribution in [-0.4, -0.2) is 29.8 Å². The molecule has 0 aromatic heterocycles. The summed E-state index contributed by atoms with van der Waals surface area (Å²) in [6, 6.07) is 4.96. The van der Waals surface area contributed by atoms with Crippen molar-refractivity contribution in [2.24, 2.45) is 4.36 Å². The number of benzene rings is 1. The molecule has 0 fully saturated rings. The Morgan fingerprint density at radius 3 is 2.53 bits per heavy atom. The minimum Gasteiger partial charge on any atom is -0.375 e. The third-order valence-electron chi connectivity index (χ3n) is 1.85. The molecule has 1 unspecified atom stereocenters. The highest BCUT2D eigenvalue weighted by Crippen LogP contribution is 2.18. The Hall–Kier alpha value is -0.790. The summed E-state index contributed by atoms with van der Waals surface area (Å²) >= 11 is 3.21. The molecule has 0 spiro atoms. The van der Waals surface area contributed by atoms with Crippen molar-refractivity contribution in [3.05, 3.63) is 28.7 Å². The molecule has 17 heavy (non-hydrogen) atoms. The van der Waals surface area contributed by atoms with E-state index in [-0.39, 0.29) is 11.5 Å². The van der Waals surface area contributed by atoms with Crippen molar-refractivity contribution in [2.75, 3.05) is 19.7 Å². The fraction of sp³-hybridized carbons (Fsp3) is 0.300. The third-order valence-corrected chi connectivity index (χ3v) is 4.18. The molecule has 0 saturated carbocycles. The maximum atomic E-state index is 12.9. The molecule has 4 nitrogen and oxygen atoms in total. The van der Waals surface area contributed by atoms with E-state index >= 15 is 0 Å². The molecule has 0 aliphatic carbocycles. The lowest BCUT2D eigenvalue weighted by atomic mass is 10.4. The highest BCUT2D eigenvalue weighted by Gasteiger charge is 2.14. The fourth-order valence-corrected chi connectivity index (χ4v) is 2.59. The molecule has 0 saturated heterocycles. The van der Waals surface area contributed by atoms with E-state index in [0.717, 1.165) is 4.47 Å². The largest absolute Gasteiger partial charge is 0.375 e. The van der Waals surface area contributed by atoms with Crippen molar-refractivity contribution in [3.8, 4) is 0 Å². The van der Waals surface area contributed by atoms with Crippen molar-refractivity contribution < 1.29 is 18.1 Å². The van der Waals surface area contributed by atoms with Crippen LogP contribution in [0.5, 0.6) is 0 Å². The number of alkyl halides is 1. The lowest BCUT2D eigenvalue weighted by Gasteiger charge is -2.05. The Labute approximate surface area is 107 Å². The average molecular weight is 324 g/mol. The van der Waals surface area contributed by atoms with E-state index in [1.165, 1.54) is 19.2 Å². The van der Waals surface area contributed by atoms with E-state index in [1.54, 1.807) is 12.1 Å². The molecule has 1 aromatic carbocycles. The summed E-state index contributed by atoms with van der Waals surface area (Å²) < 4.78 is 33.7. The van der Waals surface area contributed by atoms with Crippen molar-refractivity contribution >= 4 is 31.6 Å². The van der Waals surface area contributed by atoms with Crippen LogP contribution in [0.2, 0.25) is 0 Å². The lowest BCUT2D eigenvalue weighted by molar-refractivity contribution is -0.121. The molecule has 1 aromatic rings. The first-order valence-electron chi connectivity index (χ1n) is 4.60. The standard InChI is InChI=1S/C10H11BrFNO3S/c1-16-6-10(14)13-17(15,7-12)9-4-2-8(11)3-5-9/h2-5H,6-7H2,1H3. The van der Waals surface area contributed by atoms with E-state index in [9.17, 15) is 13.4 Å². The van der Waals surface area contributed by atoms with Gasteiger partial charge < -0.3 is 4.74 Å². The normalized spacial score (nSPS) is 14.1. The second kappa shape index (κ2) is 6.23. The van der Waals surface area contributed by atoms with Gasteiger partial charge in [0.25, 0.3) is 5.91 Å². The lowest BCUT2D eigenvalue weighted by Crippen LogP contribution is -2.10. The molecular formula is C10H11BrFNO3S. The average Bonchev–Trinajstić information content (AvgIpc) is 2.30. The predicted molar refractivity (Wildman–Crippen MR) is 65.8 cm³/mol. The summed E-state index contributed by atoms with van der Waals surface area (Å²) in [7, 11) is -2.03. The Balaban J connectivity index is 3.16. The first-order chi connectivity index (χ1) is 8.01. The van der Waals surface area contributed by atoms with Gasteiger partial charge in [0.15, 0.2) is 6.01 Å². The van der Waals surface area contributed by atoms with Crippen LogP contribution < -0.4 is 0 Å². The zero-order valence-corrected chi connectivity index (χ0v) is 11.5. The quantitative estimate of drug-likeness (QED) is 0.854. The molecule has 0 bridgehead atoms. The van der Waals surface area contributed by atoms with Gasteiger partial charge >= 0.3 is 0 Å². The van der Waals surface area contributed by atoms with E-state index in [1.807, 2.05) is 0 Å². The number of ether oxygens (including phenoxy) is 1. The van der Waals surface area contributed by atoms with Crippen LogP contribution in [0.3, 0.4) is 0 Å². The molecule has 0 aliphatic rings. The van der Waals surface area contributed by atoms with Gasteiger partial charge in [0.1, 0.15) is 16.3 Å². The third kappa shape index (κ3) is 3.86. The Bertz CT molecular complexity index is 509. The minimum absolute atomic E-state index is 0.188. The summed E-state index contributed by atoms with van der Waals surface area (Å²) in [5.74, 6) is -0.738. The van der Waals surface area contributed by atoms with Crippen LogP contribution in [0.4, 0.5) is 4.39 Å². The van der Waals surface area contributed by atoms with Gasteiger partial charge in [0.05, 0.1) is 4.90 Å². The van der Waals surface area contributed by atoms with Crippen molar-refractivity contribution in [3.63, 3.8) is 0 Å². The molecule has 1 amide bonds. The van der Waals surface area contributed by atoms with Crippen LogP contribution >= 0.6 is 15.9 Å². The van der Waals surface area contributed by atoms with Crippen molar-refractivity contribution in [2.45, 2.75) is 4.90 Å². The summed E-state index contributed by atoms with van der Waals surface area (Å²) in [4.78, 5) is 11.4. The topological polar surface area (TPSA) is 55.7 Å². The maximum Gasteiger partial charge on any atom is 0.280 e. The van der Waals surface area contributed by atoms with Gasteiger partial charge in [-0.05, 0) is 24.3 Å². The van der Waals surface area contributed by atoms with Gasteiger partial charge in [0.2, 0.25) is 0 Å². The Morgan fingerprint density at radius 1 is 1.47 bits per heavy atom. The highest BCUT2D eigenvalue weighted by atomic mass is 79.9. The van der Waals surface area contributed by atoms with Gasteiger partial charge in [-0.2, -0.15) is 4.36 Å². The molecule has 0 heterocycles. The van der Waals surface area contributed by atoms with E-state index in [0.29, 0.717) is 0 Å². The molecule has 1 atom stereocenters. The first kappa shape index (κ1) is 14.3. The first-order valence-corrected chi connectivity index (χ1v) is 7.07. The monoisotopic (exact) mass is 323 g/mol. The molecule has 1 rings (SSSR count). The number of carbonyl (C=O) groups excluding carboxylic acids is 1. The van der Waals surface area contributed by atoms with Crippen molar-refractivity contribution in [1.29, 1.82) is 0 Å². The van der Waals surface area contributed by atoms with Gasteiger partial charge in [0, 0.05) is 11.6 Å². The van der Waals surface area contributed by atoms with Gasteiger partial charge in [-0.25, -0.2) is 8.60 Å². The molecule has 0 N–H and O–H groups in total. The minimum atomic E-state index is -3.34. The summed E-state index contributed by atoms with van der Waals surface area (Å²) in [6.07, 6.45) is 0. The summed E-state index contributed by atoms with van der Waals surface area (Å²) in [5.41, 5.74) is 0. The van der Waals surface area contributed by atoms with Gasteiger partial charge in [-0.3, -0.25) is 4.79 Å². The summed E-state index contributed by atoms with van der Waals surface area (Å²) in [6.45, 7) is -0.312. The molecule has 0 aliphatic heterocycles. The second-order valence-electron chi connectivity index (χ2n) is 3.12. The molecule has 7 heteroatoms. The van der Waals surface area contributed by atoms with Gasteiger partial charge in [-0.1, -0.05) is 15.9 Å². The number of rotatable bonds is 4. The van der Waals surface area contributed by atoms with Crippen LogP contribution in [0.15, 0.2) is 38.0 Å². The Kier molecular flexibility index (Phi) is 5.23. The SMILES string of the molecule is COCC(=O)N=S(=O)(CF)c1ccc(Br)cc1. The second-order valence-corrected chi connectivity index (χ2v) is 6.19. The number of nitrogens with zero attached hydrogens (tertiary/aromatic N) is 1.